The molecule has 140 valence electrons. The highest BCUT2D eigenvalue weighted by atomic mass is 32.1. The predicted molar refractivity (Wildman–Crippen MR) is 101 cm³/mol. The Balaban J connectivity index is 1.57. The number of nitrogens with zero attached hydrogens (tertiary/aromatic N) is 3. The molecule has 2 heterocycles. The van der Waals surface area contributed by atoms with Crippen molar-refractivity contribution in [1.82, 2.24) is 14.8 Å². The van der Waals surface area contributed by atoms with Gasteiger partial charge in [0.25, 0.3) is 5.91 Å². The molecule has 1 N–H and O–H groups in total. The fourth-order valence-electron chi connectivity index (χ4n) is 4.55. The second-order valence-electron chi connectivity index (χ2n) is 8.40. The van der Waals surface area contributed by atoms with Gasteiger partial charge in [-0.2, -0.15) is 0 Å². The summed E-state index contributed by atoms with van der Waals surface area (Å²) in [5, 5.41) is 11.7. The van der Waals surface area contributed by atoms with Gasteiger partial charge < -0.3 is 14.9 Å². The SMILES string of the molecule is Cc1nc(C)c(C(=O)N2CCC3(CC2)CCC(O)(CN(C)C)CC3)s1. The fourth-order valence-corrected chi connectivity index (χ4v) is 5.44. The highest BCUT2D eigenvalue weighted by Crippen LogP contribution is 2.47. The number of hydrogen-bond acceptors (Lipinski definition) is 5. The van der Waals surface area contributed by atoms with Gasteiger partial charge in [0.15, 0.2) is 0 Å². The Hall–Kier alpha value is -0.980. The highest BCUT2D eigenvalue weighted by Gasteiger charge is 2.44. The summed E-state index contributed by atoms with van der Waals surface area (Å²) in [4.78, 5) is 22.1. The van der Waals surface area contributed by atoms with E-state index in [1.54, 1.807) is 0 Å². The number of aliphatic hydroxyl groups is 1. The van der Waals surface area contributed by atoms with Crippen LogP contribution in [0.25, 0.3) is 0 Å². The number of likely N-dealkylation sites (N-methyl/N-ethyl adjacent to an activating group) is 1. The number of amides is 1. The zero-order chi connectivity index (χ0) is 18.2. The standard InChI is InChI=1S/C19H31N3O2S/c1-14-16(25-15(2)20-14)17(23)22-11-9-18(10-12-22)5-7-19(24,8-6-18)13-21(3)4/h24H,5-13H2,1-4H3. The van der Waals surface area contributed by atoms with Crippen molar-refractivity contribution in [2.75, 3.05) is 33.7 Å². The third-order valence-electron chi connectivity index (χ3n) is 6.06. The van der Waals surface area contributed by atoms with Gasteiger partial charge in [0, 0.05) is 19.6 Å². The van der Waals surface area contributed by atoms with E-state index in [2.05, 4.69) is 9.88 Å². The average molecular weight is 366 g/mol. The first kappa shape index (κ1) is 18.8. The Kier molecular flexibility index (Phi) is 5.24. The molecule has 1 aromatic rings. The van der Waals surface area contributed by atoms with Crippen molar-refractivity contribution in [2.24, 2.45) is 5.41 Å². The van der Waals surface area contributed by atoms with Gasteiger partial charge in [-0.15, -0.1) is 11.3 Å². The van der Waals surface area contributed by atoms with Crippen LogP contribution in [0.2, 0.25) is 0 Å². The topological polar surface area (TPSA) is 56.7 Å². The highest BCUT2D eigenvalue weighted by molar-refractivity contribution is 7.13. The molecule has 1 spiro atoms. The number of carbonyl (C=O) groups is 1. The van der Waals surface area contributed by atoms with Crippen LogP contribution in [0.15, 0.2) is 0 Å². The number of rotatable bonds is 3. The van der Waals surface area contributed by atoms with E-state index in [0.717, 1.165) is 73.7 Å². The smallest absolute Gasteiger partial charge is 0.265 e. The van der Waals surface area contributed by atoms with E-state index >= 15 is 0 Å². The first-order valence-corrected chi connectivity index (χ1v) is 10.1. The molecule has 2 fully saturated rings. The molecule has 6 heteroatoms. The maximum atomic E-state index is 12.8. The number of aryl methyl sites for hydroxylation is 2. The largest absolute Gasteiger partial charge is 0.389 e. The number of carbonyl (C=O) groups excluding carboxylic acids is 1. The van der Waals surface area contributed by atoms with E-state index in [1.165, 1.54) is 11.3 Å². The van der Waals surface area contributed by atoms with Crippen LogP contribution < -0.4 is 0 Å². The summed E-state index contributed by atoms with van der Waals surface area (Å²) in [6.07, 6.45) is 6.05. The Labute approximate surface area is 155 Å². The van der Waals surface area contributed by atoms with Gasteiger partial charge in [0.2, 0.25) is 0 Å². The van der Waals surface area contributed by atoms with Crippen molar-refractivity contribution in [3.8, 4) is 0 Å². The van der Waals surface area contributed by atoms with Crippen molar-refractivity contribution in [1.29, 1.82) is 0 Å². The first-order valence-electron chi connectivity index (χ1n) is 9.32. The maximum Gasteiger partial charge on any atom is 0.265 e. The zero-order valence-corrected chi connectivity index (χ0v) is 16.8. The first-order chi connectivity index (χ1) is 11.7. The molecule has 0 aromatic carbocycles. The molecule has 1 amide bonds. The summed E-state index contributed by atoms with van der Waals surface area (Å²) in [7, 11) is 4.05. The second kappa shape index (κ2) is 6.97. The lowest BCUT2D eigenvalue weighted by molar-refractivity contribution is -0.0615. The molecular weight excluding hydrogens is 334 g/mol. The Morgan fingerprint density at radius 1 is 1.16 bits per heavy atom. The summed E-state index contributed by atoms with van der Waals surface area (Å²) in [5.74, 6) is 0.151. The van der Waals surface area contributed by atoms with Crippen molar-refractivity contribution in [3.63, 3.8) is 0 Å². The quantitative estimate of drug-likeness (QED) is 0.895. The normalized spacial score (nSPS) is 22.6. The van der Waals surface area contributed by atoms with Crippen LogP contribution in [0.1, 0.15) is 58.9 Å². The van der Waals surface area contributed by atoms with Crippen molar-refractivity contribution in [2.45, 2.75) is 58.0 Å². The average Bonchev–Trinajstić information content (AvgIpc) is 2.89. The second-order valence-corrected chi connectivity index (χ2v) is 9.60. The van der Waals surface area contributed by atoms with Crippen molar-refractivity contribution >= 4 is 17.2 Å². The molecule has 5 nitrogen and oxygen atoms in total. The van der Waals surface area contributed by atoms with Crippen LogP contribution in [0.3, 0.4) is 0 Å². The Bertz CT molecular complexity index is 623. The predicted octanol–water partition coefficient (Wildman–Crippen LogP) is 2.85. The minimum atomic E-state index is -0.529. The van der Waals surface area contributed by atoms with E-state index in [4.69, 9.17) is 0 Å². The van der Waals surface area contributed by atoms with Crippen LogP contribution >= 0.6 is 11.3 Å². The molecule has 0 bridgehead atoms. The molecule has 25 heavy (non-hydrogen) atoms. The summed E-state index contributed by atoms with van der Waals surface area (Å²) >= 11 is 1.51. The van der Waals surface area contributed by atoms with Gasteiger partial charge in [0.05, 0.1) is 16.3 Å². The minimum absolute atomic E-state index is 0.151. The van der Waals surface area contributed by atoms with Crippen LogP contribution in [-0.4, -0.2) is 65.1 Å². The lowest BCUT2D eigenvalue weighted by atomic mass is 9.64. The Morgan fingerprint density at radius 3 is 2.24 bits per heavy atom. The lowest BCUT2D eigenvalue weighted by Gasteiger charge is -2.48. The van der Waals surface area contributed by atoms with Crippen molar-refractivity contribution in [3.05, 3.63) is 15.6 Å². The molecular formula is C19H31N3O2S. The molecule has 0 radical (unpaired) electrons. The van der Waals surface area contributed by atoms with Gasteiger partial charge in [-0.25, -0.2) is 4.98 Å². The number of aromatic nitrogens is 1. The van der Waals surface area contributed by atoms with E-state index in [-0.39, 0.29) is 5.91 Å². The van der Waals surface area contributed by atoms with Gasteiger partial charge in [-0.05, 0) is 71.9 Å². The van der Waals surface area contributed by atoms with Crippen LogP contribution in [0.5, 0.6) is 0 Å². The number of likely N-dealkylation sites (tertiary alicyclic amines) is 1. The molecule has 1 saturated heterocycles. The van der Waals surface area contributed by atoms with Gasteiger partial charge >= 0.3 is 0 Å². The third-order valence-corrected chi connectivity index (χ3v) is 7.12. The number of hydrogen-bond donors (Lipinski definition) is 1. The molecule has 3 rings (SSSR count). The molecule has 0 unspecified atom stereocenters. The summed E-state index contributed by atoms with van der Waals surface area (Å²) in [6.45, 7) is 6.30. The lowest BCUT2D eigenvalue weighted by Crippen LogP contribution is -2.49. The molecule has 1 aromatic heterocycles. The number of piperidine rings is 1. The fraction of sp³-hybridized carbons (Fsp3) is 0.789. The van der Waals surface area contributed by atoms with Gasteiger partial charge in [-0.1, -0.05) is 0 Å². The monoisotopic (exact) mass is 365 g/mol. The van der Waals surface area contributed by atoms with Crippen molar-refractivity contribution < 1.29 is 9.90 Å². The summed E-state index contributed by atoms with van der Waals surface area (Å²) < 4.78 is 0. The van der Waals surface area contributed by atoms with E-state index < -0.39 is 5.60 Å². The molecule has 0 atom stereocenters. The number of thiazole rings is 1. The summed E-state index contributed by atoms with van der Waals surface area (Å²) in [6, 6.07) is 0. The van der Waals surface area contributed by atoms with E-state index in [0.29, 0.717) is 5.41 Å². The minimum Gasteiger partial charge on any atom is -0.389 e. The maximum absolute atomic E-state index is 12.8. The van der Waals surface area contributed by atoms with E-state index in [9.17, 15) is 9.90 Å². The zero-order valence-electron chi connectivity index (χ0n) is 16.0. The van der Waals surface area contributed by atoms with Crippen LogP contribution in [-0.2, 0) is 0 Å². The van der Waals surface area contributed by atoms with Gasteiger partial charge in [-0.3, -0.25) is 4.79 Å². The molecule has 1 aliphatic carbocycles. The van der Waals surface area contributed by atoms with Gasteiger partial charge in [0.1, 0.15) is 4.88 Å². The van der Waals surface area contributed by atoms with Crippen LogP contribution in [0.4, 0.5) is 0 Å². The molecule has 1 saturated carbocycles. The van der Waals surface area contributed by atoms with Crippen LogP contribution in [0, 0.1) is 19.3 Å². The van der Waals surface area contributed by atoms with E-state index in [1.807, 2.05) is 32.8 Å². The molecule has 2 aliphatic rings. The summed E-state index contributed by atoms with van der Waals surface area (Å²) in [5.41, 5.74) is 0.659. The molecule has 1 aliphatic heterocycles. The third kappa shape index (κ3) is 4.07. The Morgan fingerprint density at radius 2 is 1.76 bits per heavy atom.